The van der Waals surface area contributed by atoms with E-state index in [0.717, 1.165) is 16.1 Å². The number of para-hydroxylation sites is 2. The highest BCUT2D eigenvalue weighted by molar-refractivity contribution is 7.92. The maximum Gasteiger partial charge on any atom is 0.244 e. The monoisotopic (exact) mass is 555 g/mol. The molecule has 0 aliphatic carbocycles. The molecule has 10 heteroatoms. The molecule has 0 bridgehead atoms. The minimum Gasteiger partial charge on any atom is -0.495 e. The van der Waals surface area contributed by atoms with E-state index in [4.69, 9.17) is 4.74 Å². The Labute approximate surface area is 229 Å². The zero-order valence-electron chi connectivity index (χ0n) is 22.5. The summed E-state index contributed by atoms with van der Waals surface area (Å²) < 4.78 is 46.8. The van der Waals surface area contributed by atoms with Gasteiger partial charge in [0, 0.05) is 24.6 Å². The molecule has 0 aliphatic heterocycles. The van der Waals surface area contributed by atoms with Crippen molar-refractivity contribution in [2.75, 3.05) is 24.2 Å². The van der Waals surface area contributed by atoms with E-state index in [1.807, 2.05) is 30.3 Å². The number of sulfonamides is 1. The highest BCUT2D eigenvalue weighted by atomic mass is 32.2. The minimum atomic E-state index is -3.95. The van der Waals surface area contributed by atoms with Gasteiger partial charge >= 0.3 is 0 Å². The second-order valence-corrected chi connectivity index (χ2v) is 11.3. The number of nitrogens with zero attached hydrogens (tertiary/aromatic N) is 2. The average molecular weight is 556 g/mol. The van der Waals surface area contributed by atoms with E-state index in [0.29, 0.717) is 0 Å². The Balaban J connectivity index is 2.09. The number of halogens is 1. The lowest BCUT2D eigenvalue weighted by Crippen LogP contribution is -2.54. The van der Waals surface area contributed by atoms with E-state index in [1.165, 1.54) is 36.3 Å². The zero-order valence-corrected chi connectivity index (χ0v) is 23.3. The first kappa shape index (κ1) is 29.6. The fraction of sp³-hybridized carbons (Fsp3) is 0.310. The lowest BCUT2D eigenvalue weighted by molar-refractivity contribution is -0.140. The number of nitrogens with one attached hydrogen (secondary N) is 1. The van der Waals surface area contributed by atoms with Crippen molar-refractivity contribution < 1.29 is 27.1 Å². The summed E-state index contributed by atoms with van der Waals surface area (Å²) in [6.45, 7) is 2.74. The number of hydrogen-bond donors (Lipinski definition) is 1. The molecule has 0 spiro atoms. The fourth-order valence-corrected chi connectivity index (χ4v) is 5.03. The van der Waals surface area contributed by atoms with Crippen LogP contribution in [0.5, 0.6) is 5.75 Å². The quantitative estimate of drug-likeness (QED) is 0.367. The van der Waals surface area contributed by atoms with Gasteiger partial charge in [-0.3, -0.25) is 13.9 Å². The molecule has 208 valence electrons. The molecule has 0 unspecified atom stereocenters. The number of carbonyl (C=O) groups excluding carboxylic acids is 2. The summed E-state index contributed by atoms with van der Waals surface area (Å²) in [6.07, 6.45) is 1.13. The van der Waals surface area contributed by atoms with Crippen molar-refractivity contribution in [2.45, 2.75) is 38.9 Å². The van der Waals surface area contributed by atoms with Crippen LogP contribution < -0.4 is 14.4 Å². The molecule has 0 heterocycles. The highest BCUT2D eigenvalue weighted by Crippen LogP contribution is 2.30. The molecule has 0 radical (unpaired) electrons. The van der Waals surface area contributed by atoms with Crippen LogP contribution in [-0.4, -0.2) is 57.1 Å². The fourth-order valence-electron chi connectivity index (χ4n) is 4.18. The lowest BCUT2D eigenvalue weighted by Gasteiger charge is -2.34. The van der Waals surface area contributed by atoms with Gasteiger partial charge in [-0.1, -0.05) is 60.7 Å². The Morgan fingerprint density at radius 1 is 0.949 bits per heavy atom. The van der Waals surface area contributed by atoms with Crippen LogP contribution in [0.25, 0.3) is 0 Å². The summed E-state index contributed by atoms with van der Waals surface area (Å²) in [5.41, 5.74) is 1.16. The number of benzene rings is 3. The Morgan fingerprint density at radius 3 is 2.18 bits per heavy atom. The summed E-state index contributed by atoms with van der Waals surface area (Å²) >= 11 is 0. The smallest absolute Gasteiger partial charge is 0.244 e. The molecule has 0 aromatic heterocycles. The number of methoxy groups -OCH3 is 1. The van der Waals surface area contributed by atoms with Crippen molar-refractivity contribution in [3.8, 4) is 5.75 Å². The Kier molecular flexibility index (Phi) is 10.1. The van der Waals surface area contributed by atoms with E-state index >= 15 is 0 Å². The van der Waals surface area contributed by atoms with Crippen LogP contribution in [0.2, 0.25) is 0 Å². The largest absolute Gasteiger partial charge is 0.495 e. The predicted molar refractivity (Wildman–Crippen MR) is 149 cm³/mol. The molecule has 0 saturated heterocycles. The summed E-state index contributed by atoms with van der Waals surface area (Å²) in [5.74, 6) is -1.38. The SMILES string of the molecule is COc1ccccc1N(CC(=O)N(Cc1ccccc1F)[C@@H](Cc1ccccc1)C(=O)NC(C)C)S(C)(=O)=O. The molecule has 2 amide bonds. The number of rotatable bonds is 12. The van der Waals surface area contributed by atoms with Crippen LogP contribution in [-0.2, 0) is 32.6 Å². The van der Waals surface area contributed by atoms with Gasteiger partial charge in [0.15, 0.2) is 0 Å². The standard InChI is InChI=1S/C29H34FN3O5S/c1-21(2)31-29(35)26(18-22-12-6-5-7-13-22)32(19-23-14-8-9-15-24(23)30)28(34)20-33(39(4,36)37)25-16-10-11-17-27(25)38-3/h5-17,21,26H,18-20H2,1-4H3,(H,31,35)/t26-/m0/s1. The van der Waals surface area contributed by atoms with Crippen molar-refractivity contribution in [3.63, 3.8) is 0 Å². The maximum absolute atomic E-state index is 14.8. The number of carbonyl (C=O) groups is 2. The predicted octanol–water partition coefficient (Wildman–Crippen LogP) is 3.77. The van der Waals surface area contributed by atoms with Crippen LogP contribution in [0.1, 0.15) is 25.0 Å². The Bertz CT molecular complexity index is 1380. The van der Waals surface area contributed by atoms with E-state index in [9.17, 15) is 22.4 Å². The van der Waals surface area contributed by atoms with E-state index in [-0.39, 0.29) is 36.0 Å². The average Bonchev–Trinajstić information content (AvgIpc) is 2.89. The van der Waals surface area contributed by atoms with Gasteiger partial charge in [-0.2, -0.15) is 0 Å². The molecule has 3 aromatic carbocycles. The minimum absolute atomic E-state index is 0.146. The molecule has 3 rings (SSSR count). The third-order valence-corrected chi connectivity index (χ3v) is 7.16. The van der Waals surface area contributed by atoms with Crippen molar-refractivity contribution >= 4 is 27.5 Å². The molecule has 3 aromatic rings. The normalized spacial score (nSPS) is 12.1. The molecule has 1 atom stereocenters. The lowest BCUT2D eigenvalue weighted by atomic mass is 10.0. The van der Waals surface area contributed by atoms with Gasteiger partial charge < -0.3 is 15.0 Å². The van der Waals surface area contributed by atoms with Crippen LogP contribution in [0.3, 0.4) is 0 Å². The van der Waals surface area contributed by atoms with Crippen LogP contribution in [0, 0.1) is 5.82 Å². The first-order valence-electron chi connectivity index (χ1n) is 12.5. The number of hydrogen-bond acceptors (Lipinski definition) is 5. The highest BCUT2D eigenvalue weighted by Gasteiger charge is 2.34. The molecule has 0 fully saturated rings. The molecule has 39 heavy (non-hydrogen) atoms. The van der Waals surface area contributed by atoms with Crippen LogP contribution in [0.4, 0.5) is 10.1 Å². The van der Waals surface area contributed by atoms with E-state index in [1.54, 1.807) is 38.1 Å². The molecule has 1 N–H and O–H groups in total. The van der Waals surface area contributed by atoms with Crippen molar-refractivity contribution in [2.24, 2.45) is 0 Å². The third kappa shape index (κ3) is 8.03. The second-order valence-electron chi connectivity index (χ2n) is 9.42. The maximum atomic E-state index is 14.8. The van der Waals surface area contributed by atoms with E-state index in [2.05, 4.69) is 5.32 Å². The van der Waals surface area contributed by atoms with Gasteiger partial charge in [0.1, 0.15) is 24.2 Å². The third-order valence-electron chi connectivity index (χ3n) is 6.03. The zero-order chi connectivity index (χ0) is 28.6. The van der Waals surface area contributed by atoms with Gasteiger partial charge in [0.25, 0.3) is 0 Å². The Morgan fingerprint density at radius 2 is 1.56 bits per heavy atom. The van der Waals surface area contributed by atoms with Gasteiger partial charge in [0.2, 0.25) is 21.8 Å². The number of amides is 2. The first-order chi connectivity index (χ1) is 18.5. The molecular formula is C29H34FN3O5S. The van der Waals surface area contributed by atoms with Gasteiger partial charge in [-0.15, -0.1) is 0 Å². The summed E-state index contributed by atoms with van der Waals surface area (Å²) in [6, 6.07) is 20.3. The molecule has 8 nitrogen and oxygen atoms in total. The summed E-state index contributed by atoms with van der Waals surface area (Å²) in [4.78, 5) is 28.7. The van der Waals surface area contributed by atoms with Crippen molar-refractivity contribution in [3.05, 3.63) is 95.8 Å². The molecule has 0 saturated carbocycles. The number of anilines is 1. The molecule has 0 aliphatic rings. The van der Waals surface area contributed by atoms with Crippen LogP contribution >= 0.6 is 0 Å². The Hall–Kier alpha value is -3.92. The number of ether oxygens (including phenoxy) is 1. The summed E-state index contributed by atoms with van der Waals surface area (Å²) in [5, 5.41) is 2.85. The topological polar surface area (TPSA) is 96.0 Å². The summed E-state index contributed by atoms with van der Waals surface area (Å²) in [7, 11) is -2.55. The second kappa shape index (κ2) is 13.2. The van der Waals surface area contributed by atoms with Gasteiger partial charge in [-0.25, -0.2) is 12.8 Å². The molecular weight excluding hydrogens is 521 g/mol. The van der Waals surface area contributed by atoms with Gasteiger partial charge in [-0.05, 0) is 37.6 Å². The van der Waals surface area contributed by atoms with Crippen molar-refractivity contribution in [1.29, 1.82) is 0 Å². The van der Waals surface area contributed by atoms with Gasteiger partial charge in [0.05, 0.1) is 19.1 Å². The van der Waals surface area contributed by atoms with Crippen molar-refractivity contribution in [1.82, 2.24) is 10.2 Å². The first-order valence-corrected chi connectivity index (χ1v) is 14.3. The van der Waals surface area contributed by atoms with E-state index < -0.39 is 40.2 Å². The van der Waals surface area contributed by atoms with Crippen LogP contribution in [0.15, 0.2) is 78.9 Å².